The number of aromatic nitrogens is 1. The molecule has 5 rings (SSSR count). The van der Waals surface area contributed by atoms with E-state index in [0.29, 0.717) is 5.58 Å². The van der Waals surface area contributed by atoms with Crippen LogP contribution in [0.2, 0.25) is 5.02 Å². The van der Waals surface area contributed by atoms with Gasteiger partial charge in [-0.25, -0.2) is 4.79 Å². The van der Waals surface area contributed by atoms with Crippen molar-refractivity contribution in [3.05, 3.63) is 62.9 Å². The second kappa shape index (κ2) is 7.28. The van der Waals surface area contributed by atoms with E-state index in [0.717, 1.165) is 55.4 Å². The van der Waals surface area contributed by atoms with Gasteiger partial charge in [-0.1, -0.05) is 17.7 Å². The summed E-state index contributed by atoms with van der Waals surface area (Å²) in [6, 6.07) is 12.0. The highest BCUT2D eigenvalue weighted by Crippen LogP contribution is 2.29. The number of para-hydroxylation sites is 1. The minimum atomic E-state index is -0.399. The Bertz CT molecular complexity index is 1190. The van der Waals surface area contributed by atoms with Crippen molar-refractivity contribution in [3.8, 4) is 0 Å². The van der Waals surface area contributed by atoms with Gasteiger partial charge in [0.2, 0.25) is 0 Å². The van der Waals surface area contributed by atoms with Crippen LogP contribution in [0.15, 0.2) is 51.0 Å². The minimum absolute atomic E-state index is 0.399. The normalized spacial score (nSPS) is 15.7. The SMILES string of the molecule is O=c1[nH]c2cccc(N3CCN(CCc4csc5ccc(Cl)cc45)CC3)c2o1. The number of piperazine rings is 1. The zero-order valence-electron chi connectivity index (χ0n) is 15.3. The van der Waals surface area contributed by atoms with Crippen LogP contribution in [0.1, 0.15) is 5.56 Å². The Morgan fingerprint density at radius 3 is 2.86 bits per heavy atom. The monoisotopic (exact) mass is 413 g/mol. The van der Waals surface area contributed by atoms with Crippen LogP contribution >= 0.6 is 22.9 Å². The van der Waals surface area contributed by atoms with E-state index >= 15 is 0 Å². The quantitative estimate of drug-likeness (QED) is 0.540. The van der Waals surface area contributed by atoms with E-state index < -0.39 is 5.76 Å². The van der Waals surface area contributed by atoms with Crippen molar-refractivity contribution in [2.45, 2.75) is 6.42 Å². The minimum Gasteiger partial charge on any atom is -0.406 e. The first-order valence-corrected chi connectivity index (χ1v) is 10.7. The molecule has 0 atom stereocenters. The molecule has 1 aliphatic rings. The molecule has 1 fully saturated rings. The number of nitrogens with one attached hydrogen (secondary N) is 1. The second-order valence-electron chi connectivity index (χ2n) is 7.15. The van der Waals surface area contributed by atoms with Crippen molar-refractivity contribution in [1.82, 2.24) is 9.88 Å². The van der Waals surface area contributed by atoms with E-state index in [-0.39, 0.29) is 0 Å². The van der Waals surface area contributed by atoms with Crippen molar-refractivity contribution < 1.29 is 4.42 Å². The summed E-state index contributed by atoms with van der Waals surface area (Å²) in [6.45, 7) is 4.87. The number of hydrogen-bond acceptors (Lipinski definition) is 5. The van der Waals surface area contributed by atoms with Gasteiger partial charge in [0.1, 0.15) is 0 Å². The van der Waals surface area contributed by atoms with E-state index in [9.17, 15) is 4.79 Å². The summed E-state index contributed by atoms with van der Waals surface area (Å²) in [6.07, 6.45) is 1.03. The van der Waals surface area contributed by atoms with Crippen LogP contribution in [0.3, 0.4) is 0 Å². The number of aromatic amines is 1. The highest BCUT2D eigenvalue weighted by molar-refractivity contribution is 7.17. The molecule has 0 amide bonds. The molecule has 4 aromatic rings. The Balaban J connectivity index is 1.24. The van der Waals surface area contributed by atoms with Crippen LogP contribution < -0.4 is 10.7 Å². The maximum Gasteiger partial charge on any atom is 0.417 e. The van der Waals surface area contributed by atoms with Crippen LogP contribution in [0.4, 0.5) is 5.69 Å². The van der Waals surface area contributed by atoms with E-state index in [4.69, 9.17) is 16.0 Å². The summed E-state index contributed by atoms with van der Waals surface area (Å²) in [7, 11) is 0. The molecule has 2 aromatic heterocycles. The molecule has 3 heterocycles. The fourth-order valence-electron chi connectivity index (χ4n) is 3.95. The van der Waals surface area contributed by atoms with Gasteiger partial charge in [0.05, 0.1) is 11.2 Å². The topological polar surface area (TPSA) is 52.5 Å². The Hall–Kier alpha value is -2.28. The van der Waals surface area contributed by atoms with Gasteiger partial charge in [-0.2, -0.15) is 0 Å². The number of H-pyrrole nitrogens is 1. The lowest BCUT2D eigenvalue weighted by Crippen LogP contribution is -2.47. The van der Waals surface area contributed by atoms with Gasteiger partial charge in [0.15, 0.2) is 5.58 Å². The molecule has 5 nitrogen and oxygen atoms in total. The Labute approximate surface area is 171 Å². The van der Waals surface area contributed by atoms with Gasteiger partial charge in [0.25, 0.3) is 0 Å². The lowest BCUT2D eigenvalue weighted by molar-refractivity contribution is 0.261. The molecular weight excluding hydrogens is 394 g/mol. The van der Waals surface area contributed by atoms with E-state index in [1.165, 1.54) is 15.6 Å². The molecule has 0 aliphatic carbocycles. The third-order valence-corrected chi connectivity index (χ3v) is 6.70. The Morgan fingerprint density at radius 2 is 2.00 bits per heavy atom. The van der Waals surface area contributed by atoms with Gasteiger partial charge in [-0.05, 0) is 53.1 Å². The summed E-state index contributed by atoms with van der Waals surface area (Å²) >= 11 is 7.96. The fourth-order valence-corrected chi connectivity index (χ4v) is 5.10. The van der Waals surface area contributed by atoms with E-state index in [2.05, 4.69) is 32.3 Å². The van der Waals surface area contributed by atoms with Gasteiger partial charge < -0.3 is 9.32 Å². The Kier molecular flexibility index (Phi) is 4.62. The number of hydrogen-bond donors (Lipinski definition) is 1. The standard InChI is InChI=1S/C21H20ClN3O2S/c22-15-4-5-19-16(12-15)14(13-28-19)6-7-24-8-10-25(11-9-24)18-3-1-2-17-20(18)27-21(26)23-17/h1-5,12-13H,6-11H2,(H,23,26). The molecule has 144 valence electrons. The Morgan fingerprint density at radius 1 is 1.14 bits per heavy atom. The zero-order valence-corrected chi connectivity index (χ0v) is 16.9. The smallest absolute Gasteiger partial charge is 0.406 e. The lowest BCUT2D eigenvalue weighted by atomic mass is 10.1. The average molecular weight is 414 g/mol. The van der Waals surface area contributed by atoms with E-state index in [1.54, 1.807) is 11.3 Å². The van der Waals surface area contributed by atoms with Gasteiger partial charge in [0, 0.05) is 42.4 Å². The third kappa shape index (κ3) is 3.32. The molecule has 0 unspecified atom stereocenters. The molecule has 28 heavy (non-hydrogen) atoms. The number of fused-ring (bicyclic) bond motifs is 2. The van der Waals surface area contributed by atoms with E-state index in [1.807, 2.05) is 24.3 Å². The zero-order chi connectivity index (χ0) is 19.1. The summed E-state index contributed by atoms with van der Waals surface area (Å²) in [5.41, 5.74) is 3.79. The molecule has 2 aromatic carbocycles. The molecule has 0 bridgehead atoms. The lowest BCUT2D eigenvalue weighted by Gasteiger charge is -2.36. The molecule has 1 saturated heterocycles. The summed E-state index contributed by atoms with van der Waals surface area (Å²) in [5, 5.41) is 4.34. The van der Waals surface area contributed by atoms with Crippen molar-refractivity contribution >= 4 is 49.8 Å². The molecular formula is C21H20ClN3O2S. The molecule has 7 heteroatoms. The van der Waals surface area contributed by atoms with Gasteiger partial charge in [-0.3, -0.25) is 9.88 Å². The number of oxazole rings is 1. The first kappa shape index (κ1) is 17.8. The first-order valence-electron chi connectivity index (χ1n) is 9.42. The highest BCUT2D eigenvalue weighted by Gasteiger charge is 2.20. The largest absolute Gasteiger partial charge is 0.417 e. The second-order valence-corrected chi connectivity index (χ2v) is 8.50. The fraction of sp³-hybridized carbons (Fsp3) is 0.286. The van der Waals surface area contributed by atoms with Crippen molar-refractivity contribution in [3.63, 3.8) is 0 Å². The summed E-state index contributed by atoms with van der Waals surface area (Å²) in [5.74, 6) is -0.399. The van der Waals surface area contributed by atoms with Crippen LogP contribution in [0.5, 0.6) is 0 Å². The van der Waals surface area contributed by atoms with Crippen molar-refractivity contribution in [2.24, 2.45) is 0 Å². The summed E-state index contributed by atoms with van der Waals surface area (Å²) in [4.78, 5) is 19.1. The number of halogens is 1. The summed E-state index contributed by atoms with van der Waals surface area (Å²) < 4.78 is 6.65. The number of thiophene rings is 1. The number of rotatable bonds is 4. The predicted octanol–water partition coefficient (Wildman–Crippen LogP) is 4.35. The average Bonchev–Trinajstić information content (AvgIpc) is 3.28. The molecule has 1 N–H and O–H groups in total. The van der Waals surface area contributed by atoms with Crippen LogP contribution in [0, 0.1) is 0 Å². The molecule has 0 saturated carbocycles. The molecule has 1 aliphatic heterocycles. The third-order valence-electron chi connectivity index (χ3n) is 5.45. The molecule has 0 radical (unpaired) electrons. The maximum atomic E-state index is 11.5. The van der Waals surface area contributed by atoms with Gasteiger partial charge in [-0.15, -0.1) is 11.3 Å². The van der Waals surface area contributed by atoms with Crippen molar-refractivity contribution in [2.75, 3.05) is 37.6 Å². The van der Waals surface area contributed by atoms with Crippen LogP contribution in [-0.4, -0.2) is 42.6 Å². The van der Waals surface area contributed by atoms with Crippen LogP contribution in [-0.2, 0) is 6.42 Å². The first-order chi connectivity index (χ1) is 13.7. The highest BCUT2D eigenvalue weighted by atomic mass is 35.5. The van der Waals surface area contributed by atoms with Crippen LogP contribution in [0.25, 0.3) is 21.2 Å². The maximum absolute atomic E-state index is 11.5. The van der Waals surface area contributed by atoms with Crippen molar-refractivity contribution in [1.29, 1.82) is 0 Å². The number of anilines is 1. The number of nitrogens with zero attached hydrogens (tertiary/aromatic N) is 2. The predicted molar refractivity (Wildman–Crippen MR) is 116 cm³/mol. The van der Waals surface area contributed by atoms with Gasteiger partial charge >= 0.3 is 5.76 Å². The molecule has 0 spiro atoms. The number of benzene rings is 2.